The molecule has 0 radical (unpaired) electrons. The second-order valence-electron chi connectivity index (χ2n) is 3.88. The third-order valence-corrected chi connectivity index (χ3v) is 2.09. The molecule has 98 valence electrons. The van der Waals surface area contributed by atoms with E-state index >= 15 is 0 Å². The quantitative estimate of drug-likeness (QED) is 0.383. The molecule has 7 heteroatoms. The Bertz CT molecular complexity index is 555. The molecule has 7 nitrogen and oxygen atoms in total. The minimum Gasteiger partial charge on any atom is -0.382 e. The number of hydrogen-bond donors (Lipinski definition) is 1. The predicted molar refractivity (Wildman–Crippen MR) is 69.1 cm³/mol. The van der Waals surface area contributed by atoms with Gasteiger partial charge < -0.3 is 10.2 Å². The minimum absolute atomic E-state index is 0.0525. The van der Waals surface area contributed by atoms with Crippen LogP contribution in [0.1, 0.15) is 0 Å². The topological polar surface area (TPSA) is 99.3 Å². The lowest BCUT2D eigenvalue weighted by molar-refractivity contribution is -0.384. The molecule has 1 aromatic rings. The number of nitro groups is 1. The molecule has 0 saturated heterocycles. The Balaban J connectivity index is 2.82. The smallest absolute Gasteiger partial charge is 0.269 e. The Hall–Kier alpha value is -2.88. The molecule has 0 aliphatic heterocycles. The van der Waals surface area contributed by atoms with Crippen LogP contribution in [0.15, 0.2) is 36.0 Å². The van der Waals surface area contributed by atoms with Gasteiger partial charge in [-0.2, -0.15) is 5.26 Å². The molecular formula is C12H12N4O3. The number of amides is 1. The van der Waals surface area contributed by atoms with Gasteiger partial charge in [-0.25, -0.2) is 0 Å². The predicted octanol–water partition coefficient (Wildman–Crippen LogP) is 1.50. The van der Waals surface area contributed by atoms with E-state index in [4.69, 9.17) is 5.26 Å². The van der Waals surface area contributed by atoms with E-state index in [2.05, 4.69) is 5.32 Å². The highest BCUT2D eigenvalue weighted by Crippen LogP contribution is 2.15. The molecule has 0 aliphatic carbocycles. The maximum absolute atomic E-state index is 11.7. The van der Waals surface area contributed by atoms with Crippen molar-refractivity contribution in [1.29, 1.82) is 5.26 Å². The highest BCUT2D eigenvalue weighted by Gasteiger charge is 2.10. The standard InChI is InChI=1S/C12H12N4O3/c1-15(2)8-9(7-13)12(17)14-10-3-5-11(6-4-10)16(18)19/h3-6,8H,1-2H3,(H,14,17)/b9-8+. The molecule has 0 heterocycles. The van der Waals surface area contributed by atoms with Gasteiger partial charge in [0, 0.05) is 38.1 Å². The Labute approximate surface area is 109 Å². The van der Waals surface area contributed by atoms with Gasteiger partial charge in [0.15, 0.2) is 0 Å². The Morgan fingerprint density at radius 1 is 1.42 bits per heavy atom. The SMILES string of the molecule is CN(C)/C=C(\C#N)C(=O)Nc1ccc([N+](=O)[O-])cc1. The van der Waals surface area contributed by atoms with E-state index in [-0.39, 0.29) is 11.3 Å². The van der Waals surface area contributed by atoms with E-state index in [0.717, 1.165) is 0 Å². The summed E-state index contributed by atoms with van der Waals surface area (Å²) in [5.41, 5.74) is 0.265. The summed E-state index contributed by atoms with van der Waals surface area (Å²) in [4.78, 5) is 23.3. The number of hydrogen-bond acceptors (Lipinski definition) is 5. The van der Waals surface area contributed by atoms with Crippen molar-refractivity contribution in [3.8, 4) is 6.07 Å². The molecule has 1 rings (SSSR count). The normalized spacial score (nSPS) is 10.5. The third-order valence-electron chi connectivity index (χ3n) is 2.09. The first-order valence-corrected chi connectivity index (χ1v) is 5.28. The largest absolute Gasteiger partial charge is 0.382 e. The van der Waals surface area contributed by atoms with Crippen LogP contribution in [0, 0.1) is 21.4 Å². The van der Waals surface area contributed by atoms with Crippen molar-refractivity contribution < 1.29 is 9.72 Å². The van der Waals surface area contributed by atoms with Crippen molar-refractivity contribution in [2.45, 2.75) is 0 Å². The molecule has 0 spiro atoms. The van der Waals surface area contributed by atoms with Crippen LogP contribution in [0.4, 0.5) is 11.4 Å². The van der Waals surface area contributed by atoms with Gasteiger partial charge in [0.25, 0.3) is 11.6 Å². The number of non-ortho nitro benzene ring substituents is 1. The second kappa shape index (κ2) is 6.16. The molecule has 0 saturated carbocycles. The molecule has 0 atom stereocenters. The van der Waals surface area contributed by atoms with Crippen LogP contribution in [-0.4, -0.2) is 29.8 Å². The molecule has 1 amide bonds. The van der Waals surface area contributed by atoms with Crippen molar-refractivity contribution >= 4 is 17.3 Å². The van der Waals surface area contributed by atoms with Gasteiger partial charge in [0.2, 0.25) is 0 Å². The van der Waals surface area contributed by atoms with E-state index in [0.29, 0.717) is 5.69 Å². The van der Waals surface area contributed by atoms with E-state index in [1.807, 2.05) is 0 Å². The second-order valence-corrected chi connectivity index (χ2v) is 3.88. The first-order valence-electron chi connectivity index (χ1n) is 5.28. The van der Waals surface area contributed by atoms with E-state index in [1.165, 1.54) is 30.5 Å². The summed E-state index contributed by atoms with van der Waals surface area (Å²) in [7, 11) is 3.38. The molecule has 0 aliphatic rings. The van der Waals surface area contributed by atoms with E-state index in [9.17, 15) is 14.9 Å². The fraction of sp³-hybridized carbons (Fsp3) is 0.167. The first kappa shape index (κ1) is 14.2. The van der Waals surface area contributed by atoms with Crippen molar-refractivity contribution in [2.24, 2.45) is 0 Å². The van der Waals surface area contributed by atoms with Crippen LogP contribution in [0.2, 0.25) is 0 Å². The zero-order valence-corrected chi connectivity index (χ0v) is 10.5. The molecule has 0 unspecified atom stereocenters. The highest BCUT2D eigenvalue weighted by atomic mass is 16.6. The molecule has 1 N–H and O–H groups in total. The van der Waals surface area contributed by atoms with Crippen LogP contribution < -0.4 is 5.32 Å². The maximum Gasteiger partial charge on any atom is 0.269 e. The molecular weight excluding hydrogens is 248 g/mol. The summed E-state index contributed by atoms with van der Waals surface area (Å²) >= 11 is 0. The fourth-order valence-corrected chi connectivity index (χ4v) is 1.26. The average molecular weight is 260 g/mol. The molecule has 0 fully saturated rings. The van der Waals surface area contributed by atoms with Crippen LogP contribution in [-0.2, 0) is 4.79 Å². The number of carbonyl (C=O) groups is 1. The minimum atomic E-state index is -0.565. The molecule has 19 heavy (non-hydrogen) atoms. The van der Waals surface area contributed by atoms with E-state index < -0.39 is 10.8 Å². The lowest BCUT2D eigenvalue weighted by Crippen LogP contribution is -2.16. The van der Waals surface area contributed by atoms with Gasteiger partial charge in [-0.1, -0.05) is 0 Å². The number of benzene rings is 1. The number of rotatable bonds is 4. The van der Waals surface area contributed by atoms with Crippen LogP contribution in [0.25, 0.3) is 0 Å². The summed E-state index contributed by atoms with van der Waals surface area (Å²) in [6.07, 6.45) is 1.39. The number of nitro benzene ring substituents is 1. The maximum atomic E-state index is 11.7. The van der Waals surface area contributed by atoms with Gasteiger partial charge in [-0.3, -0.25) is 14.9 Å². The van der Waals surface area contributed by atoms with Crippen molar-refractivity contribution in [2.75, 3.05) is 19.4 Å². The van der Waals surface area contributed by atoms with Crippen molar-refractivity contribution in [3.05, 3.63) is 46.2 Å². The van der Waals surface area contributed by atoms with Crippen LogP contribution in [0.5, 0.6) is 0 Å². The summed E-state index contributed by atoms with van der Waals surface area (Å²) in [6.45, 7) is 0. The Morgan fingerprint density at radius 2 is 2.00 bits per heavy atom. The van der Waals surface area contributed by atoms with Crippen LogP contribution in [0.3, 0.4) is 0 Å². The van der Waals surface area contributed by atoms with Crippen molar-refractivity contribution in [3.63, 3.8) is 0 Å². The lowest BCUT2D eigenvalue weighted by atomic mass is 10.2. The first-order chi connectivity index (χ1) is 8.93. The van der Waals surface area contributed by atoms with Crippen molar-refractivity contribution in [1.82, 2.24) is 4.90 Å². The zero-order chi connectivity index (χ0) is 14.4. The summed E-state index contributed by atoms with van der Waals surface area (Å²) in [6, 6.07) is 7.14. The van der Waals surface area contributed by atoms with Gasteiger partial charge in [-0.15, -0.1) is 0 Å². The monoisotopic (exact) mass is 260 g/mol. The summed E-state index contributed by atoms with van der Waals surface area (Å²) < 4.78 is 0. The lowest BCUT2D eigenvalue weighted by Gasteiger charge is -2.07. The zero-order valence-electron chi connectivity index (χ0n) is 10.5. The highest BCUT2D eigenvalue weighted by molar-refractivity contribution is 6.06. The Kier molecular flexibility index (Phi) is 4.60. The van der Waals surface area contributed by atoms with Crippen LogP contribution >= 0.6 is 0 Å². The molecule has 0 aromatic heterocycles. The summed E-state index contributed by atoms with van der Waals surface area (Å²) in [5, 5.41) is 21.8. The third kappa shape index (κ3) is 4.12. The summed E-state index contributed by atoms with van der Waals surface area (Å²) in [5.74, 6) is -0.565. The van der Waals surface area contributed by atoms with E-state index in [1.54, 1.807) is 25.1 Å². The van der Waals surface area contributed by atoms with Gasteiger partial charge >= 0.3 is 0 Å². The molecule has 0 bridgehead atoms. The molecule has 1 aromatic carbocycles. The Morgan fingerprint density at radius 3 is 2.42 bits per heavy atom. The number of anilines is 1. The number of nitrogens with one attached hydrogen (secondary N) is 1. The number of nitrogens with zero attached hydrogens (tertiary/aromatic N) is 3. The fourth-order valence-electron chi connectivity index (χ4n) is 1.26. The van der Waals surface area contributed by atoms with Gasteiger partial charge in [0.1, 0.15) is 11.6 Å². The van der Waals surface area contributed by atoms with Gasteiger partial charge in [-0.05, 0) is 12.1 Å². The number of nitriles is 1. The number of carbonyl (C=O) groups excluding carboxylic acids is 1. The average Bonchev–Trinajstić information content (AvgIpc) is 2.36. The van der Waals surface area contributed by atoms with Gasteiger partial charge in [0.05, 0.1) is 4.92 Å².